The third-order valence-corrected chi connectivity index (χ3v) is 7.03. The Labute approximate surface area is 216 Å². The number of rotatable bonds is 9. The molecule has 10 heteroatoms. The average molecular weight is 537 g/mol. The van der Waals surface area contributed by atoms with Crippen molar-refractivity contribution in [1.29, 1.82) is 0 Å². The van der Waals surface area contributed by atoms with Crippen molar-refractivity contribution < 1.29 is 27.1 Å². The quantitative estimate of drug-likeness (QED) is 0.184. The maximum Gasteiger partial charge on any atom is 0.446 e. The number of carbonyl (C=O) groups excluding carboxylic acids is 1. The van der Waals surface area contributed by atoms with Gasteiger partial charge in [-0.1, -0.05) is 32.0 Å². The highest BCUT2D eigenvalue weighted by Gasteiger charge is 2.32. The van der Waals surface area contributed by atoms with Gasteiger partial charge in [-0.25, -0.2) is 9.37 Å². The number of halogens is 4. The molecule has 0 fully saturated rings. The van der Waals surface area contributed by atoms with Crippen LogP contribution in [-0.2, 0) is 5.41 Å². The molecule has 0 aliphatic rings. The number of alkyl halides is 3. The Morgan fingerprint density at radius 2 is 1.73 bits per heavy atom. The summed E-state index contributed by atoms with van der Waals surface area (Å²) in [7, 11) is 1.56. The summed E-state index contributed by atoms with van der Waals surface area (Å²) in [5.74, 6) is -1.09. The number of ether oxygens (including phenoxy) is 1. The minimum atomic E-state index is -4.61. The van der Waals surface area contributed by atoms with Crippen LogP contribution in [0.15, 0.2) is 58.2 Å². The molecule has 0 spiro atoms. The van der Waals surface area contributed by atoms with Crippen molar-refractivity contribution in [3.8, 4) is 5.75 Å². The summed E-state index contributed by atoms with van der Waals surface area (Å²) < 4.78 is 57.6. The summed E-state index contributed by atoms with van der Waals surface area (Å²) in [5, 5.41) is 0. The topological polar surface area (TPSA) is 72.0 Å². The summed E-state index contributed by atoms with van der Waals surface area (Å²) in [6.45, 7) is 7.39. The number of H-pyrrole nitrogens is 1. The standard InChI is InChI=1S/C27H28F4N2O3S/c1-15(2)19(16-6-11-23(20(28)12-16)37-27(29,30)31)13-22(34)21-14-24(35)33-25(32-21)26(3,4)17-7-9-18(36-5)10-8-17/h6-12,14-15,19H,13H2,1-5H3,(H,32,33,35)/t19-/m1/s1. The molecule has 1 N–H and O–H groups in total. The molecule has 0 aliphatic heterocycles. The number of nitrogens with one attached hydrogen (secondary N) is 1. The van der Waals surface area contributed by atoms with Crippen LogP contribution in [0.1, 0.15) is 67.5 Å². The molecule has 2 aromatic carbocycles. The highest BCUT2D eigenvalue weighted by Crippen LogP contribution is 2.40. The number of aromatic nitrogens is 2. The number of hydrogen-bond donors (Lipinski definition) is 1. The van der Waals surface area contributed by atoms with Crippen molar-refractivity contribution in [3.05, 3.63) is 87.3 Å². The van der Waals surface area contributed by atoms with Gasteiger partial charge in [-0.2, -0.15) is 13.2 Å². The van der Waals surface area contributed by atoms with E-state index >= 15 is 0 Å². The predicted octanol–water partition coefficient (Wildman–Crippen LogP) is 6.87. The van der Waals surface area contributed by atoms with Gasteiger partial charge in [0.25, 0.3) is 5.56 Å². The van der Waals surface area contributed by atoms with Crippen LogP contribution in [0, 0.1) is 11.7 Å². The lowest BCUT2D eigenvalue weighted by molar-refractivity contribution is -0.0329. The molecule has 0 bridgehead atoms. The van der Waals surface area contributed by atoms with Crippen molar-refractivity contribution >= 4 is 17.5 Å². The van der Waals surface area contributed by atoms with E-state index in [0.717, 1.165) is 23.8 Å². The maximum absolute atomic E-state index is 14.4. The zero-order valence-electron chi connectivity index (χ0n) is 21.1. The van der Waals surface area contributed by atoms with Crippen LogP contribution in [0.5, 0.6) is 5.75 Å². The summed E-state index contributed by atoms with van der Waals surface area (Å²) in [6, 6.07) is 11.9. The number of Topliss-reactive ketones (excluding diaryl/α,β-unsaturated/α-hetero) is 1. The largest absolute Gasteiger partial charge is 0.497 e. The van der Waals surface area contributed by atoms with Gasteiger partial charge in [-0.15, -0.1) is 0 Å². The van der Waals surface area contributed by atoms with Gasteiger partial charge >= 0.3 is 5.51 Å². The van der Waals surface area contributed by atoms with Gasteiger partial charge < -0.3 is 9.72 Å². The first-order chi connectivity index (χ1) is 17.2. The van der Waals surface area contributed by atoms with E-state index in [0.29, 0.717) is 17.1 Å². The van der Waals surface area contributed by atoms with Crippen LogP contribution in [0.4, 0.5) is 17.6 Å². The van der Waals surface area contributed by atoms with Gasteiger partial charge in [0.05, 0.1) is 12.0 Å². The van der Waals surface area contributed by atoms with E-state index in [4.69, 9.17) is 4.74 Å². The van der Waals surface area contributed by atoms with E-state index in [1.807, 2.05) is 39.8 Å². The van der Waals surface area contributed by atoms with Crippen LogP contribution in [0.3, 0.4) is 0 Å². The highest BCUT2D eigenvalue weighted by molar-refractivity contribution is 8.00. The van der Waals surface area contributed by atoms with Gasteiger partial charge in [-0.3, -0.25) is 9.59 Å². The Hall–Kier alpha value is -3.14. The first-order valence-corrected chi connectivity index (χ1v) is 12.4. The number of hydrogen-bond acceptors (Lipinski definition) is 5. The summed E-state index contributed by atoms with van der Waals surface area (Å²) in [5.41, 5.74) is -4.64. The molecule has 198 valence electrons. The second kappa shape index (κ2) is 11.1. The zero-order valence-corrected chi connectivity index (χ0v) is 21.9. The fraction of sp³-hybridized carbons (Fsp3) is 0.370. The lowest BCUT2D eigenvalue weighted by Gasteiger charge is -2.25. The molecular formula is C27H28F4N2O3S. The van der Waals surface area contributed by atoms with Crippen LogP contribution in [0.25, 0.3) is 0 Å². The SMILES string of the molecule is COc1ccc(C(C)(C)c2nc(C(=O)C[C@@H](c3ccc(SC(F)(F)F)c(F)c3)C(C)C)cc(=O)[nH]2)cc1. The normalized spacial score (nSPS) is 13.0. The second-order valence-electron chi connectivity index (χ2n) is 9.55. The highest BCUT2D eigenvalue weighted by atomic mass is 32.2. The Balaban J connectivity index is 1.90. The maximum atomic E-state index is 14.4. The molecule has 0 unspecified atom stereocenters. The third kappa shape index (κ3) is 7.00. The summed E-state index contributed by atoms with van der Waals surface area (Å²) >= 11 is -0.525. The third-order valence-electron chi connectivity index (χ3n) is 6.25. The van der Waals surface area contributed by atoms with Crippen LogP contribution in [0.2, 0.25) is 0 Å². The first-order valence-electron chi connectivity index (χ1n) is 11.6. The molecule has 37 heavy (non-hydrogen) atoms. The molecule has 1 heterocycles. The molecule has 0 saturated carbocycles. The predicted molar refractivity (Wildman–Crippen MR) is 135 cm³/mol. The number of methoxy groups -OCH3 is 1. The second-order valence-corrected chi connectivity index (χ2v) is 10.7. The van der Waals surface area contributed by atoms with E-state index in [9.17, 15) is 27.2 Å². The Kier molecular flexibility index (Phi) is 8.52. The van der Waals surface area contributed by atoms with Gasteiger partial charge in [-0.05, 0) is 72.8 Å². The van der Waals surface area contributed by atoms with Gasteiger partial charge in [0.2, 0.25) is 0 Å². The Morgan fingerprint density at radius 3 is 2.27 bits per heavy atom. The minimum Gasteiger partial charge on any atom is -0.497 e. The number of ketones is 1. The van der Waals surface area contributed by atoms with Crippen molar-refractivity contribution in [3.63, 3.8) is 0 Å². The van der Waals surface area contributed by atoms with Gasteiger partial charge in [0.1, 0.15) is 23.1 Å². The van der Waals surface area contributed by atoms with E-state index in [-0.39, 0.29) is 18.0 Å². The lowest BCUT2D eigenvalue weighted by Crippen LogP contribution is -2.28. The Bertz CT molecular complexity index is 1320. The zero-order chi connectivity index (χ0) is 27.5. The fourth-order valence-electron chi connectivity index (χ4n) is 4.04. The number of aromatic amines is 1. The fourth-order valence-corrected chi connectivity index (χ4v) is 4.58. The van der Waals surface area contributed by atoms with Crippen LogP contribution < -0.4 is 10.3 Å². The lowest BCUT2D eigenvalue weighted by atomic mass is 9.83. The van der Waals surface area contributed by atoms with Gasteiger partial charge in [0.15, 0.2) is 5.78 Å². The average Bonchev–Trinajstić information content (AvgIpc) is 2.82. The van der Waals surface area contributed by atoms with E-state index in [1.165, 1.54) is 6.07 Å². The minimum absolute atomic E-state index is 0.0318. The van der Waals surface area contributed by atoms with Crippen molar-refractivity contribution in [2.45, 2.75) is 55.9 Å². The molecule has 0 saturated heterocycles. The molecule has 0 radical (unpaired) electrons. The monoisotopic (exact) mass is 536 g/mol. The molecule has 0 aliphatic carbocycles. The molecule has 1 aromatic heterocycles. The Morgan fingerprint density at radius 1 is 1.08 bits per heavy atom. The molecule has 0 amide bonds. The van der Waals surface area contributed by atoms with E-state index < -0.39 is 50.7 Å². The number of carbonyl (C=O) groups is 1. The van der Waals surface area contributed by atoms with Crippen molar-refractivity contribution in [2.75, 3.05) is 7.11 Å². The molecule has 3 rings (SSSR count). The molecule has 5 nitrogen and oxygen atoms in total. The smallest absolute Gasteiger partial charge is 0.446 e. The van der Waals surface area contributed by atoms with E-state index in [1.54, 1.807) is 19.2 Å². The summed E-state index contributed by atoms with van der Waals surface area (Å²) in [6.07, 6.45) is -0.0955. The molecule has 3 aromatic rings. The summed E-state index contributed by atoms with van der Waals surface area (Å²) in [4.78, 5) is 32.4. The molecule has 1 atom stereocenters. The number of benzene rings is 2. The van der Waals surface area contributed by atoms with Crippen molar-refractivity contribution in [2.24, 2.45) is 5.92 Å². The number of nitrogens with zero attached hydrogens (tertiary/aromatic N) is 1. The van der Waals surface area contributed by atoms with Gasteiger partial charge in [0, 0.05) is 17.9 Å². The van der Waals surface area contributed by atoms with Crippen LogP contribution in [-0.4, -0.2) is 28.4 Å². The molecular weight excluding hydrogens is 508 g/mol. The van der Waals surface area contributed by atoms with Crippen molar-refractivity contribution in [1.82, 2.24) is 9.97 Å². The first kappa shape index (κ1) is 28.4. The number of thioether (sulfide) groups is 1. The van der Waals surface area contributed by atoms with Crippen LogP contribution >= 0.6 is 11.8 Å². The van der Waals surface area contributed by atoms with E-state index in [2.05, 4.69) is 9.97 Å².